The highest BCUT2D eigenvalue weighted by Gasteiger charge is 2.04. The maximum absolute atomic E-state index is 5.48. The van der Waals surface area contributed by atoms with Gasteiger partial charge in [0.05, 0.1) is 5.69 Å². The molecule has 0 saturated carbocycles. The van der Waals surface area contributed by atoms with Crippen molar-refractivity contribution in [2.75, 3.05) is 20.1 Å². The van der Waals surface area contributed by atoms with Gasteiger partial charge in [-0.15, -0.1) is 0 Å². The van der Waals surface area contributed by atoms with Crippen molar-refractivity contribution in [3.05, 3.63) is 29.1 Å². The van der Waals surface area contributed by atoms with E-state index in [0.717, 1.165) is 32.5 Å². The van der Waals surface area contributed by atoms with Crippen LogP contribution in [0.15, 0.2) is 12.3 Å². The lowest BCUT2D eigenvalue weighted by Gasteiger charge is -2.17. The van der Waals surface area contributed by atoms with Crippen LogP contribution in [-0.4, -0.2) is 30.0 Å². The van der Waals surface area contributed by atoms with Crippen LogP contribution in [-0.2, 0) is 6.54 Å². The molecule has 1 heterocycles. The van der Waals surface area contributed by atoms with Gasteiger partial charge in [0.15, 0.2) is 0 Å². The molecule has 1 aromatic heterocycles. The van der Waals surface area contributed by atoms with E-state index in [-0.39, 0.29) is 0 Å². The summed E-state index contributed by atoms with van der Waals surface area (Å²) in [6.07, 6.45) is 4.21. The van der Waals surface area contributed by atoms with Gasteiger partial charge in [-0.25, -0.2) is 0 Å². The molecule has 0 aliphatic carbocycles. The first-order valence-corrected chi connectivity index (χ1v) is 5.94. The Labute approximate surface area is 98.7 Å². The summed E-state index contributed by atoms with van der Waals surface area (Å²) < 4.78 is 0. The first-order chi connectivity index (χ1) is 7.63. The maximum atomic E-state index is 5.48. The molecule has 16 heavy (non-hydrogen) atoms. The van der Waals surface area contributed by atoms with E-state index in [0.29, 0.717) is 0 Å². The number of aromatic nitrogens is 1. The molecule has 1 aromatic rings. The van der Waals surface area contributed by atoms with E-state index in [2.05, 4.69) is 36.8 Å². The molecule has 0 aliphatic heterocycles. The van der Waals surface area contributed by atoms with Gasteiger partial charge in [0.1, 0.15) is 0 Å². The molecule has 0 saturated heterocycles. The minimum Gasteiger partial charge on any atom is -0.330 e. The predicted molar refractivity (Wildman–Crippen MR) is 68.3 cm³/mol. The minimum atomic E-state index is 0.787. The Morgan fingerprint density at radius 3 is 2.69 bits per heavy atom. The van der Waals surface area contributed by atoms with Crippen LogP contribution < -0.4 is 5.73 Å². The standard InChI is InChI=1S/C13H23N3/c1-11-8-12(2)13(15-9-11)10-16(3)7-5-4-6-14/h8-9H,4-7,10,14H2,1-3H3. The van der Waals surface area contributed by atoms with E-state index in [4.69, 9.17) is 5.73 Å². The van der Waals surface area contributed by atoms with Crippen molar-refractivity contribution in [2.45, 2.75) is 33.2 Å². The highest BCUT2D eigenvalue weighted by atomic mass is 15.1. The zero-order valence-corrected chi connectivity index (χ0v) is 10.7. The Morgan fingerprint density at radius 2 is 2.06 bits per heavy atom. The molecule has 0 amide bonds. The van der Waals surface area contributed by atoms with Crippen molar-refractivity contribution < 1.29 is 0 Å². The Bertz CT molecular complexity index is 323. The van der Waals surface area contributed by atoms with E-state index >= 15 is 0 Å². The molecule has 0 unspecified atom stereocenters. The first kappa shape index (κ1) is 13.1. The van der Waals surface area contributed by atoms with Crippen molar-refractivity contribution in [3.63, 3.8) is 0 Å². The fraction of sp³-hybridized carbons (Fsp3) is 0.615. The van der Waals surface area contributed by atoms with Crippen LogP contribution in [0.5, 0.6) is 0 Å². The normalized spacial score (nSPS) is 11.1. The Balaban J connectivity index is 2.46. The molecular weight excluding hydrogens is 198 g/mol. The second-order valence-electron chi connectivity index (χ2n) is 4.51. The molecular formula is C13H23N3. The van der Waals surface area contributed by atoms with Crippen LogP contribution in [0, 0.1) is 13.8 Å². The zero-order chi connectivity index (χ0) is 12.0. The predicted octanol–water partition coefficient (Wildman–Crippen LogP) is 1.87. The zero-order valence-electron chi connectivity index (χ0n) is 10.7. The van der Waals surface area contributed by atoms with Gasteiger partial charge in [0.2, 0.25) is 0 Å². The smallest absolute Gasteiger partial charge is 0.0573 e. The number of nitrogens with zero attached hydrogens (tertiary/aromatic N) is 2. The van der Waals surface area contributed by atoms with Gasteiger partial charge in [0, 0.05) is 12.7 Å². The lowest BCUT2D eigenvalue weighted by atomic mass is 10.1. The second kappa shape index (κ2) is 6.61. The molecule has 0 bridgehead atoms. The van der Waals surface area contributed by atoms with E-state index in [1.807, 2.05) is 6.20 Å². The summed E-state index contributed by atoms with van der Waals surface area (Å²) >= 11 is 0. The summed E-state index contributed by atoms with van der Waals surface area (Å²) in [4.78, 5) is 6.79. The number of rotatable bonds is 6. The highest BCUT2D eigenvalue weighted by molar-refractivity contribution is 5.22. The molecule has 0 aromatic carbocycles. The minimum absolute atomic E-state index is 0.787. The molecule has 3 heteroatoms. The van der Waals surface area contributed by atoms with Crippen LogP contribution in [0.25, 0.3) is 0 Å². The molecule has 0 aliphatic rings. The number of aryl methyl sites for hydroxylation is 2. The molecule has 0 atom stereocenters. The van der Waals surface area contributed by atoms with E-state index in [1.54, 1.807) is 0 Å². The number of pyridine rings is 1. The van der Waals surface area contributed by atoms with Crippen LogP contribution in [0.3, 0.4) is 0 Å². The first-order valence-electron chi connectivity index (χ1n) is 5.94. The van der Waals surface area contributed by atoms with Crippen molar-refractivity contribution in [2.24, 2.45) is 5.73 Å². The average molecular weight is 221 g/mol. The van der Waals surface area contributed by atoms with Gasteiger partial charge in [-0.05, 0) is 58.0 Å². The molecule has 0 radical (unpaired) electrons. The number of unbranched alkanes of at least 4 members (excludes halogenated alkanes) is 1. The summed E-state index contributed by atoms with van der Waals surface area (Å²) in [5.41, 5.74) is 9.17. The third-order valence-corrected chi connectivity index (χ3v) is 2.74. The fourth-order valence-corrected chi connectivity index (χ4v) is 1.77. The summed E-state index contributed by atoms with van der Waals surface area (Å²) in [6.45, 7) is 7.01. The second-order valence-corrected chi connectivity index (χ2v) is 4.51. The van der Waals surface area contributed by atoms with Crippen LogP contribution in [0.4, 0.5) is 0 Å². The maximum Gasteiger partial charge on any atom is 0.0573 e. The third kappa shape index (κ3) is 4.29. The lowest BCUT2D eigenvalue weighted by molar-refractivity contribution is 0.315. The van der Waals surface area contributed by atoms with E-state index in [9.17, 15) is 0 Å². The largest absolute Gasteiger partial charge is 0.330 e. The van der Waals surface area contributed by atoms with Crippen LogP contribution >= 0.6 is 0 Å². The van der Waals surface area contributed by atoms with E-state index < -0.39 is 0 Å². The van der Waals surface area contributed by atoms with Crippen molar-refractivity contribution in [1.29, 1.82) is 0 Å². The number of nitrogens with two attached hydrogens (primary N) is 1. The van der Waals surface area contributed by atoms with Gasteiger partial charge in [-0.3, -0.25) is 4.98 Å². The molecule has 3 nitrogen and oxygen atoms in total. The number of hydrogen-bond donors (Lipinski definition) is 1. The van der Waals surface area contributed by atoms with Crippen molar-refractivity contribution in [3.8, 4) is 0 Å². The van der Waals surface area contributed by atoms with Gasteiger partial charge in [0.25, 0.3) is 0 Å². The SMILES string of the molecule is Cc1cnc(CN(C)CCCCN)c(C)c1. The van der Waals surface area contributed by atoms with Gasteiger partial charge in [-0.2, -0.15) is 0 Å². The van der Waals surface area contributed by atoms with Crippen LogP contribution in [0.2, 0.25) is 0 Å². The lowest BCUT2D eigenvalue weighted by Crippen LogP contribution is -2.21. The summed E-state index contributed by atoms with van der Waals surface area (Å²) in [6, 6.07) is 2.19. The molecule has 0 spiro atoms. The topological polar surface area (TPSA) is 42.2 Å². The molecule has 2 N–H and O–H groups in total. The average Bonchev–Trinajstić information content (AvgIpc) is 2.23. The summed E-state index contributed by atoms with van der Waals surface area (Å²) in [5, 5.41) is 0. The van der Waals surface area contributed by atoms with Crippen molar-refractivity contribution in [1.82, 2.24) is 9.88 Å². The highest BCUT2D eigenvalue weighted by Crippen LogP contribution is 2.09. The third-order valence-electron chi connectivity index (χ3n) is 2.74. The van der Waals surface area contributed by atoms with Crippen molar-refractivity contribution >= 4 is 0 Å². The Kier molecular flexibility index (Phi) is 5.43. The monoisotopic (exact) mass is 221 g/mol. The number of hydrogen-bond acceptors (Lipinski definition) is 3. The Hall–Kier alpha value is -0.930. The van der Waals surface area contributed by atoms with Gasteiger partial charge < -0.3 is 10.6 Å². The summed E-state index contributed by atoms with van der Waals surface area (Å²) in [7, 11) is 2.14. The fourth-order valence-electron chi connectivity index (χ4n) is 1.77. The molecule has 1 rings (SSSR count). The Morgan fingerprint density at radius 1 is 1.31 bits per heavy atom. The molecule has 90 valence electrons. The van der Waals surface area contributed by atoms with E-state index in [1.165, 1.54) is 16.8 Å². The molecule has 0 fully saturated rings. The summed E-state index contributed by atoms with van der Waals surface area (Å²) in [5.74, 6) is 0. The van der Waals surface area contributed by atoms with Gasteiger partial charge >= 0.3 is 0 Å². The quantitative estimate of drug-likeness (QED) is 0.746. The van der Waals surface area contributed by atoms with Gasteiger partial charge in [-0.1, -0.05) is 6.07 Å². The van der Waals surface area contributed by atoms with Crippen LogP contribution in [0.1, 0.15) is 29.7 Å².